The van der Waals surface area contributed by atoms with Gasteiger partial charge in [0.25, 0.3) is 0 Å². The third-order valence-corrected chi connectivity index (χ3v) is 5.54. The molecule has 0 unspecified atom stereocenters. The first kappa shape index (κ1) is 21.5. The molecule has 1 aromatic rings. The molecule has 0 spiro atoms. The van der Waals surface area contributed by atoms with Crippen LogP contribution in [0.1, 0.15) is 38.7 Å². The minimum absolute atomic E-state index is 0.167. The number of nitrogens with one attached hydrogen (secondary N) is 2. The molecule has 6 nitrogen and oxygen atoms in total. The number of carbonyl (C=O) groups excluding carboxylic acids is 2. The monoisotopic (exact) mass is 391 g/mol. The van der Waals surface area contributed by atoms with Gasteiger partial charge in [-0.3, -0.25) is 20.2 Å². The molecule has 0 aromatic heterocycles. The van der Waals surface area contributed by atoms with E-state index in [1.807, 2.05) is 60.7 Å². The first-order valence-corrected chi connectivity index (χ1v) is 10.3. The number of rotatable bonds is 9. The van der Waals surface area contributed by atoms with E-state index in [0.717, 1.165) is 24.3 Å². The van der Waals surface area contributed by atoms with Crippen LogP contribution in [0.25, 0.3) is 6.08 Å². The molecule has 2 atom stereocenters. The van der Waals surface area contributed by atoms with Gasteiger partial charge >= 0.3 is 0 Å². The number of nitrogens with zero attached hydrogens (tertiary/aromatic N) is 1. The molecule has 0 radical (unpaired) electrons. The van der Waals surface area contributed by atoms with Crippen molar-refractivity contribution in [3.05, 3.63) is 42.0 Å². The van der Waals surface area contributed by atoms with Crippen LogP contribution in [0.4, 0.5) is 0 Å². The summed E-state index contributed by atoms with van der Waals surface area (Å²) in [6.07, 6.45) is 5.79. The first-order valence-electron chi connectivity index (χ1n) is 9.37. The molecule has 1 aliphatic heterocycles. The van der Waals surface area contributed by atoms with Crippen molar-refractivity contribution in [3.63, 3.8) is 0 Å². The van der Waals surface area contributed by atoms with E-state index in [1.54, 1.807) is 17.4 Å². The summed E-state index contributed by atoms with van der Waals surface area (Å²) >= 11 is 1.59. The molecule has 148 valence electrons. The number of allylic oxidation sites excluding steroid dienone is 1. The Morgan fingerprint density at radius 2 is 1.96 bits per heavy atom. The van der Waals surface area contributed by atoms with Gasteiger partial charge in [0.2, 0.25) is 11.8 Å². The van der Waals surface area contributed by atoms with Crippen molar-refractivity contribution in [2.45, 2.75) is 33.1 Å². The van der Waals surface area contributed by atoms with Crippen LogP contribution in [0.15, 0.2) is 36.4 Å². The molecule has 27 heavy (non-hydrogen) atoms. The van der Waals surface area contributed by atoms with Gasteiger partial charge in [-0.05, 0) is 30.7 Å². The predicted molar refractivity (Wildman–Crippen MR) is 108 cm³/mol. The maximum absolute atomic E-state index is 12.9. The van der Waals surface area contributed by atoms with Gasteiger partial charge < -0.3 is 0 Å². The van der Waals surface area contributed by atoms with E-state index < -0.39 is 17.7 Å². The van der Waals surface area contributed by atoms with Crippen LogP contribution in [0.3, 0.4) is 0 Å². The lowest BCUT2D eigenvalue weighted by atomic mass is 9.82. The Labute approximate surface area is 165 Å². The molecule has 0 bridgehead atoms. The lowest BCUT2D eigenvalue weighted by Gasteiger charge is -2.27. The topological polar surface area (TPSA) is 81.7 Å². The van der Waals surface area contributed by atoms with Gasteiger partial charge in [-0.25, -0.2) is 5.48 Å². The molecule has 1 saturated heterocycles. The molecular formula is C20H29N3O3S. The third-order valence-electron chi connectivity index (χ3n) is 4.48. The van der Waals surface area contributed by atoms with Crippen molar-refractivity contribution in [2.75, 3.05) is 12.3 Å². The fraction of sp³-hybridized carbons (Fsp3) is 0.500. The highest BCUT2D eigenvalue weighted by Gasteiger charge is 2.34. The lowest BCUT2D eigenvalue weighted by Crippen LogP contribution is -2.45. The maximum atomic E-state index is 12.9. The molecule has 1 aromatic carbocycles. The molecule has 2 amide bonds. The highest BCUT2D eigenvalue weighted by molar-refractivity contribution is 7.97. The average molecular weight is 392 g/mol. The number of hydrogen-bond donors (Lipinski definition) is 3. The molecule has 1 fully saturated rings. The van der Waals surface area contributed by atoms with E-state index in [0.29, 0.717) is 12.8 Å². The van der Waals surface area contributed by atoms with E-state index in [-0.39, 0.29) is 11.8 Å². The van der Waals surface area contributed by atoms with Gasteiger partial charge in [-0.1, -0.05) is 68.3 Å². The number of hydroxylamine groups is 1. The van der Waals surface area contributed by atoms with Crippen molar-refractivity contribution in [3.8, 4) is 0 Å². The van der Waals surface area contributed by atoms with E-state index in [9.17, 15) is 14.8 Å². The zero-order valence-electron chi connectivity index (χ0n) is 15.9. The maximum Gasteiger partial charge on any atom is 0.247 e. The fourth-order valence-corrected chi connectivity index (χ4v) is 4.05. The van der Waals surface area contributed by atoms with Gasteiger partial charge in [-0.2, -0.15) is 4.41 Å². The minimum atomic E-state index is -0.634. The summed E-state index contributed by atoms with van der Waals surface area (Å²) in [7, 11) is 0. The zero-order chi connectivity index (χ0) is 19.6. The molecule has 7 heteroatoms. The summed E-state index contributed by atoms with van der Waals surface area (Å²) in [4.78, 5) is 25.2. The summed E-state index contributed by atoms with van der Waals surface area (Å²) in [5.41, 5.74) is 5.69. The second kappa shape index (κ2) is 11.1. The van der Waals surface area contributed by atoms with Crippen LogP contribution < -0.4 is 10.9 Å². The largest absolute Gasteiger partial charge is 0.289 e. The van der Waals surface area contributed by atoms with Gasteiger partial charge in [0.1, 0.15) is 0 Å². The van der Waals surface area contributed by atoms with Crippen molar-refractivity contribution in [1.82, 2.24) is 15.3 Å². The quantitative estimate of drug-likeness (QED) is 0.342. The third kappa shape index (κ3) is 7.01. The van der Waals surface area contributed by atoms with Gasteiger partial charge in [0, 0.05) is 12.3 Å². The zero-order valence-corrected chi connectivity index (χ0v) is 16.7. The summed E-state index contributed by atoms with van der Waals surface area (Å²) in [5.74, 6) is -0.611. The number of hydrazine groups is 1. The normalized spacial score (nSPS) is 17.2. The average Bonchev–Trinajstić information content (AvgIpc) is 3.16. The number of amides is 2. The minimum Gasteiger partial charge on any atom is -0.289 e. The van der Waals surface area contributed by atoms with Gasteiger partial charge in [-0.15, -0.1) is 0 Å². The van der Waals surface area contributed by atoms with Crippen LogP contribution >= 0.6 is 11.9 Å². The van der Waals surface area contributed by atoms with Crippen LogP contribution in [0.2, 0.25) is 0 Å². The van der Waals surface area contributed by atoms with Crippen LogP contribution in [-0.4, -0.2) is 33.7 Å². The molecule has 2 rings (SSSR count). The predicted octanol–water partition coefficient (Wildman–Crippen LogP) is 3.26. The smallest absolute Gasteiger partial charge is 0.247 e. The SMILES string of the molecule is CC(C)C[C@@H](C(=O)NN1CCCS1)[C@H](CC=Cc1ccccc1)C(=O)NO. The van der Waals surface area contributed by atoms with E-state index in [1.165, 1.54) is 0 Å². The second-order valence-corrected chi connectivity index (χ2v) is 8.24. The van der Waals surface area contributed by atoms with Crippen molar-refractivity contribution in [2.24, 2.45) is 17.8 Å². The Morgan fingerprint density at radius 3 is 2.56 bits per heavy atom. The first-order chi connectivity index (χ1) is 13.0. The molecule has 0 aliphatic carbocycles. The Balaban J connectivity index is 2.12. The summed E-state index contributed by atoms with van der Waals surface area (Å²) in [6.45, 7) is 4.85. The Hall–Kier alpha value is -1.83. The summed E-state index contributed by atoms with van der Waals surface area (Å²) < 4.78 is 1.84. The Bertz CT molecular complexity index is 631. The molecule has 1 aliphatic rings. The molecular weight excluding hydrogens is 362 g/mol. The van der Waals surface area contributed by atoms with Gasteiger partial charge in [0.15, 0.2) is 0 Å². The summed E-state index contributed by atoms with van der Waals surface area (Å²) in [6, 6.07) is 9.78. The van der Waals surface area contributed by atoms with Crippen molar-refractivity contribution < 1.29 is 14.8 Å². The molecule has 0 saturated carbocycles. The highest BCUT2D eigenvalue weighted by atomic mass is 32.2. The van der Waals surface area contributed by atoms with E-state index in [2.05, 4.69) is 5.43 Å². The lowest BCUT2D eigenvalue weighted by molar-refractivity contribution is -0.141. The van der Waals surface area contributed by atoms with Crippen LogP contribution in [0.5, 0.6) is 0 Å². The molecule has 1 heterocycles. The summed E-state index contributed by atoms with van der Waals surface area (Å²) in [5, 5.41) is 9.20. The van der Waals surface area contributed by atoms with Crippen molar-refractivity contribution >= 4 is 29.8 Å². The number of carbonyl (C=O) groups is 2. The van der Waals surface area contributed by atoms with E-state index >= 15 is 0 Å². The van der Waals surface area contributed by atoms with Crippen LogP contribution in [-0.2, 0) is 9.59 Å². The van der Waals surface area contributed by atoms with E-state index in [4.69, 9.17) is 0 Å². The van der Waals surface area contributed by atoms with Crippen LogP contribution in [0, 0.1) is 17.8 Å². The highest BCUT2D eigenvalue weighted by Crippen LogP contribution is 2.26. The number of hydrogen-bond acceptors (Lipinski definition) is 5. The fourth-order valence-electron chi connectivity index (χ4n) is 3.16. The number of benzene rings is 1. The van der Waals surface area contributed by atoms with Gasteiger partial charge in [0.05, 0.1) is 11.8 Å². The molecule has 3 N–H and O–H groups in total. The Kier molecular flexibility index (Phi) is 8.84. The second-order valence-electron chi connectivity index (χ2n) is 7.13. The van der Waals surface area contributed by atoms with Crippen molar-refractivity contribution in [1.29, 1.82) is 0 Å². The standard InChI is InChI=1S/C20H29N3O3S/c1-15(2)14-18(19(24)21-23-12-7-13-27-23)17(20(25)22-26)11-6-10-16-8-4-3-5-9-16/h3-6,8-10,15,17-18,26H,7,11-14H2,1-2H3,(H,21,24)(H,22,25)/t17-,18+/m0/s1. The Morgan fingerprint density at radius 1 is 1.22 bits per heavy atom.